The Morgan fingerprint density at radius 2 is 1.88 bits per heavy atom. The average Bonchev–Trinajstić information content (AvgIpc) is 2.67. The molecular formula is C19H20N2O4. The van der Waals surface area contributed by atoms with Crippen molar-refractivity contribution in [2.75, 3.05) is 20.2 Å². The highest BCUT2D eigenvalue weighted by atomic mass is 16.6. The maximum absolute atomic E-state index is 12.5. The van der Waals surface area contributed by atoms with Crippen molar-refractivity contribution < 1.29 is 19.1 Å². The summed E-state index contributed by atoms with van der Waals surface area (Å²) in [5.74, 6) is 0.478. The molecule has 0 spiro atoms. The van der Waals surface area contributed by atoms with Gasteiger partial charge in [-0.3, -0.25) is 9.69 Å². The third-order valence-electron chi connectivity index (χ3n) is 4.08. The van der Waals surface area contributed by atoms with Crippen LogP contribution in [0.1, 0.15) is 17.2 Å². The fourth-order valence-corrected chi connectivity index (χ4v) is 2.78. The summed E-state index contributed by atoms with van der Waals surface area (Å²) in [5, 5.41) is 2.80. The van der Waals surface area contributed by atoms with Crippen LogP contribution in [0, 0.1) is 0 Å². The summed E-state index contributed by atoms with van der Waals surface area (Å²) in [7, 11) is 1.58. The number of carbonyl (C=O) groups excluding carboxylic acids is 2. The smallest absolute Gasteiger partial charge is 0.411 e. The van der Waals surface area contributed by atoms with Crippen molar-refractivity contribution in [2.24, 2.45) is 0 Å². The number of benzene rings is 2. The first-order valence-electron chi connectivity index (χ1n) is 8.08. The Morgan fingerprint density at radius 1 is 1.16 bits per heavy atom. The molecule has 130 valence electrons. The van der Waals surface area contributed by atoms with Crippen molar-refractivity contribution in [3.8, 4) is 5.75 Å². The molecule has 2 amide bonds. The van der Waals surface area contributed by atoms with Crippen LogP contribution in [0.25, 0.3) is 0 Å². The Labute approximate surface area is 146 Å². The minimum absolute atomic E-state index is 0.174. The summed E-state index contributed by atoms with van der Waals surface area (Å²) in [5.41, 5.74) is 1.62. The molecule has 1 unspecified atom stereocenters. The summed E-state index contributed by atoms with van der Waals surface area (Å²) in [6, 6.07) is 15.8. The van der Waals surface area contributed by atoms with Gasteiger partial charge in [0.05, 0.1) is 7.11 Å². The molecule has 0 bridgehead atoms. The SMILES string of the molecule is COc1ccc(C2C(=O)NCCN2C(=O)OCc2ccccc2)cc1. The lowest BCUT2D eigenvalue weighted by atomic mass is 10.0. The first kappa shape index (κ1) is 16.8. The zero-order chi connectivity index (χ0) is 17.6. The number of piperazine rings is 1. The monoisotopic (exact) mass is 340 g/mol. The van der Waals surface area contributed by atoms with Gasteiger partial charge in [-0.1, -0.05) is 42.5 Å². The average molecular weight is 340 g/mol. The highest BCUT2D eigenvalue weighted by molar-refractivity contribution is 5.88. The first-order valence-corrected chi connectivity index (χ1v) is 8.08. The van der Waals surface area contributed by atoms with Gasteiger partial charge >= 0.3 is 6.09 Å². The molecule has 25 heavy (non-hydrogen) atoms. The van der Waals surface area contributed by atoms with Gasteiger partial charge in [0.2, 0.25) is 5.91 Å². The number of nitrogens with one attached hydrogen (secondary N) is 1. The van der Waals surface area contributed by atoms with Gasteiger partial charge in [-0.25, -0.2) is 4.79 Å². The lowest BCUT2D eigenvalue weighted by Crippen LogP contribution is -2.52. The van der Waals surface area contributed by atoms with E-state index in [4.69, 9.17) is 9.47 Å². The topological polar surface area (TPSA) is 67.9 Å². The van der Waals surface area contributed by atoms with Gasteiger partial charge in [0.15, 0.2) is 0 Å². The second kappa shape index (κ2) is 7.70. The molecule has 1 aliphatic heterocycles. The van der Waals surface area contributed by atoms with Crippen LogP contribution in [0.5, 0.6) is 5.75 Å². The lowest BCUT2D eigenvalue weighted by Gasteiger charge is -2.34. The van der Waals surface area contributed by atoms with Gasteiger partial charge < -0.3 is 14.8 Å². The molecule has 1 fully saturated rings. The van der Waals surface area contributed by atoms with E-state index in [0.717, 1.165) is 11.1 Å². The molecule has 1 aliphatic rings. The molecule has 1 atom stereocenters. The number of hydrogen-bond acceptors (Lipinski definition) is 4. The Kier molecular flexibility index (Phi) is 5.18. The van der Waals surface area contributed by atoms with E-state index >= 15 is 0 Å². The van der Waals surface area contributed by atoms with Gasteiger partial charge in [-0.15, -0.1) is 0 Å². The molecule has 0 aromatic heterocycles. The van der Waals surface area contributed by atoms with Crippen molar-refractivity contribution in [3.63, 3.8) is 0 Å². The molecule has 1 N–H and O–H groups in total. The summed E-state index contributed by atoms with van der Waals surface area (Å²) >= 11 is 0. The third-order valence-corrected chi connectivity index (χ3v) is 4.08. The molecular weight excluding hydrogens is 320 g/mol. The second-order valence-electron chi connectivity index (χ2n) is 5.70. The van der Waals surface area contributed by atoms with Gasteiger partial charge in [0, 0.05) is 13.1 Å². The van der Waals surface area contributed by atoms with Crippen LogP contribution in [0.4, 0.5) is 4.79 Å². The minimum atomic E-state index is -0.706. The van der Waals surface area contributed by atoms with Crippen LogP contribution in [0.15, 0.2) is 54.6 Å². The van der Waals surface area contributed by atoms with Crippen molar-refractivity contribution in [1.82, 2.24) is 10.2 Å². The standard InChI is InChI=1S/C19H20N2O4/c1-24-16-9-7-15(8-10-16)17-18(22)20-11-12-21(17)19(23)25-13-14-5-3-2-4-6-14/h2-10,17H,11-13H2,1H3,(H,20,22). The van der Waals surface area contributed by atoms with E-state index in [2.05, 4.69) is 5.32 Å². The zero-order valence-corrected chi connectivity index (χ0v) is 14.0. The van der Waals surface area contributed by atoms with E-state index in [0.29, 0.717) is 18.8 Å². The van der Waals surface area contributed by atoms with E-state index in [-0.39, 0.29) is 12.5 Å². The highest BCUT2D eigenvalue weighted by Crippen LogP contribution is 2.26. The predicted octanol–water partition coefficient (Wildman–Crippen LogP) is 2.50. The maximum Gasteiger partial charge on any atom is 0.411 e. The molecule has 0 aliphatic carbocycles. The van der Waals surface area contributed by atoms with Crippen LogP contribution < -0.4 is 10.1 Å². The first-order chi connectivity index (χ1) is 12.2. The molecule has 2 aromatic rings. The molecule has 1 saturated heterocycles. The van der Waals surface area contributed by atoms with Crippen LogP contribution in [0.2, 0.25) is 0 Å². The van der Waals surface area contributed by atoms with Crippen molar-refractivity contribution in [1.29, 1.82) is 0 Å². The fourth-order valence-electron chi connectivity index (χ4n) is 2.78. The normalized spacial score (nSPS) is 16.9. The Bertz CT molecular complexity index is 731. The van der Waals surface area contributed by atoms with E-state index in [1.807, 2.05) is 30.3 Å². The van der Waals surface area contributed by atoms with Gasteiger partial charge in [0.1, 0.15) is 18.4 Å². The Hall–Kier alpha value is -3.02. The Morgan fingerprint density at radius 3 is 2.56 bits per heavy atom. The van der Waals surface area contributed by atoms with E-state index in [9.17, 15) is 9.59 Å². The fraction of sp³-hybridized carbons (Fsp3) is 0.263. The molecule has 0 saturated carbocycles. The molecule has 2 aromatic carbocycles. The van der Waals surface area contributed by atoms with Crippen LogP contribution >= 0.6 is 0 Å². The maximum atomic E-state index is 12.5. The number of methoxy groups -OCH3 is 1. The number of rotatable bonds is 4. The zero-order valence-electron chi connectivity index (χ0n) is 14.0. The van der Waals surface area contributed by atoms with Crippen molar-refractivity contribution in [2.45, 2.75) is 12.6 Å². The van der Waals surface area contributed by atoms with Crippen LogP contribution in [0.3, 0.4) is 0 Å². The van der Waals surface area contributed by atoms with E-state index in [1.54, 1.807) is 31.4 Å². The summed E-state index contributed by atoms with van der Waals surface area (Å²) < 4.78 is 10.5. The van der Waals surface area contributed by atoms with Crippen LogP contribution in [-0.4, -0.2) is 37.1 Å². The van der Waals surface area contributed by atoms with Crippen LogP contribution in [-0.2, 0) is 16.1 Å². The predicted molar refractivity (Wildman–Crippen MR) is 92.1 cm³/mol. The van der Waals surface area contributed by atoms with Crippen molar-refractivity contribution in [3.05, 3.63) is 65.7 Å². The number of amides is 2. The summed E-state index contributed by atoms with van der Waals surface area (Å²) in [6.45, 7) is 0.981. The van der Waals surface area contributed by atoms with E-state index in [1.165, 1.54) is 4.90 Å². The van der Waals surface area contributed by atoms with Gasteiger partial charge in [0.25, 0.3) is 0 Å². The number of hydrogen-bond donors (Lipinski definition) is 1. The van der Waals surface area contributed by atoms with Crippen molar-refractivity contribution >= 4 is 12.0 Å². The number of carbonyl (C=O) groups is 2. The molecule has 3 rings (SSSR count). The summed E-state index contributed by atoms with van der Waals surface area (Å²) in [6.07, 6.45) is -0.500. The Balaban J connectivity index is 1.74. The highest BCUT2D eigenvalue weighted by Gasteiger charge is 2.35. The third kappa shape index (κ3) is 3.91. The van der Waals surface area contributed by atoms with Gasteiger partial charge in [-0.05, 0) is 23.3 Å². The largest absolute Gasteiger partial charge is 0.497 e. The second-order valence-corrected chi connectivity index (χ2v) is 5.70. The summed E-state index contributed by atoms with van der Waals surface area (Å²) in [4.78, 5) is 26.3. The molecule has 6 nitrogen and oxygen atoms in total. The minimum Gasteiger partial charge on any atom is -0.497 e. The number of ether oxygens (including phenoxy) is 2. The quantitative estimate of drug-likeness (QED) is 0.929. The molecule has 6 heteroatoms. The molecule has 1 heterocycles. The number of nitrogens with zero attached hydrogens (tertiary/aromatic N) is 1. The van der Waals surface area contributed by atoms with Gasteiger partial charge in [-0.2, -0.15) is 0 Å². The molecule has 0 radical (unpaired) electrons. The van der Waals surface area contributed by atoms with E-state index < -0.39 is 12.1 Å². The lowest BCUT2D eigenvalue weighted by molar-refractivity contribution is -0.128.